The van der Waals surface area contributed by atoms with Gasteiger partial charge in [0.25, 0.3) is 0 Å². The third kappa shape index (κ3) is 3.47. The van der Waals surface area contributed by atoms with Crippen LogP contribution >= 0.6 is 0 Å². The Hall–Kier alpha value is -2.49. The zero-order chi connectivity index (χ0) is 16.2. The van der Waals surface area contributed by atoms with Crippen molar-refractivity contribution in [3.63, 3.8) is 0 Å². The summed E-state index contributed by atoms with van der Waals surface area (Å²) < 4.78 is 5.77. The molecule has 23 heavy (non-hydrogen) atoms. The highest BCUT2D eigenvalue weighted by atomic mass is 16.5. The van der Waals surface area contributed by atoms with E-state index < -0.39 is 0 Å². The van der Waals surface area contributed by atoms with Crippen molar-refractivity contribution >= 4 is 17.3 Å². The molecule has 0 radical (unpaired) electrons. The number of hydrogen-bond acceptors (Lipinski definition) is 3. The molecular formula is C19H22N2O2. The summed E-state index contributed by atoms with van der Waals surface area (Å²) in [5.74, 6) is 0.853. The minimum Gasteiger partial charge on any atom is -0.489 e. The Kier molecular flexibility index (Phi) is 4.51. The minimum atomic E-state index is 0.0781. The van der Waals surface area contributed by atoms with Gasteiger partial charge in [0.05, 0.1) is 18.3 Å². The Labute approximate surface area is 137 Å². The van der Waals surface area contributed by atoms with Crippen molar-refractivity contribution in [3.8, 4) is 5.75 Å². The average Bonchev–Trinajstić information content (AvgIpc) is 2.97. The molecule has 1 amide bonds. The molecule has 0 aromatic heterocycles. The molecule has 1 aliphatic heterocycles. The summed E-state index contributed by atoms with van der Waals surface area (Å²) in [6.07, 6.45) is 1.02. The largest absolute Gasteiger partial charge is 0.489 e. The molecule has 0 spiro atoms. The fourth-order valence-corrected chi connectivity index (χ4v) is 2.83. The Morgan fingerprint density at radius 1 is 1.17 bits per heavy atom. The lowest BCUT2D eigenvalue weighted by Crippen LogP contribution is -2.34. The first-order valence-electron chi connectivity index (χ1n) is 8.03. The number of carbonyl (C=O) groups is 1. The van der Waals surface area contributed by atoms with Crippen molar-refractivity contribution in [1.82, 2.24) is 0 Å². The highest BCUT2D eigenvalue weighted by molar-refractivity contribution is 5.98. The standard InChI is InChI=1S/C19H22N2O2/c1-14(2)23-18-10-6-4-8-16(18)20-13-19(22)21-12-11-15-7-3-5-9-17(15)21/h3-10,14,20H,11-13H2,1-2H3. The number of fused-ring (bicyclic) bond motifs is 1. The molecule has 1 heterocycles. The van der Waals surface area contributed by atoms with Crippen LogP contribution in [0.1, 0.15) is 19.4 Å². The molecule has 0 saturated carbocycles. The van der Waals surface area contributed by atoms with E-state index >= 15 is 0 Å². The molecule has 3 rings (SSSR count). The second-order valence-electron chi connectivity index (χ2n) is 5.94. The van der Waals surface area contributed by atoms with E-state index in [1.54, 1.807) is 0 Å². The fourth-order valence-electron chi connectivity index (χ4n) is 2.83. The number of hydrogen-bond donors (Lipinski definition) is 1. The van der Waals surface area contributed by atoms with E-state index in [1.807, 2.05) is 61.2 Å². The second-order valence-corrected chi connectivity index (χ2v) is 5.94. The number of anilines is 2. The summed E-state index contributed by atoms with van der Waals surface area (Å²) >= 11 is 0. The molecule has 0 aliphatic carbocycles. The molecule has 1 aliphatic rings. The lowest BCUT2D eigenvalue weighted by atomic mass is 10.2. The Morgan fingerprint density at radius 2 is 1.91 bits per heavy atom. The predicted molar refractivity (Wildman–Crippen MR) is 93.2 cm³/mol. The van der Waals surface area contributed by atoms with Gasteiger partial charge in [-0.3, -0.25) is 4.79 Å². The van der Waals surface area contributed by atoms with Crippen molar-refractivity contribution in [1.29, 1.82) is 0 Å². The van der Waals surface area contributed by atoms with Gasteiger partial charge in [0.1, 0.15) is 5.75 Å². The molecule has 0 saturated heterocycles. The molecule has 0 fully saturated rings. The van der Waals surface area contributed by atoms with E-state index in [1.165, 1.54) is 5.56 Å². The lowest BCUT2D eigenvalue weighted by molar-refractivity contribution is -0.116. The van der Waals surface area contributed by atoms with E-state index in [-0.39, 0.29) is 18.6 Å². The highest BCUT2D eigenvalue weighted by Crippen LogP contribution is 2.28. The normalized spacial score (nSPS) is 13.1. The molecule has 2 aromatic rings. The zero-order valence-electron chi connectivity index (χ0n) is 13.6. The first-order chi connectivity index (χ1) is 11.1. The molecule has 1 N–H and O–H groups in total. The number of nitrogens with zero attached hydrogens (tertiary/aromatic N) is 1. The monoisotopic (exact) mass is 310 g/mol. The minimum absolute atomic E-state index is 0.0781. The molecule has 2 aromatic carbocycles. The summed E-state index contributed by atoms with van der Waals surface area (Å²) in [6.45, 7) is 4.99. The molecule has 0 atom stereocenters. The third-order valence-corrected chi connectivity index (χ3v) is 3.87. The third-order valence-electron chi connectivity index (χ3n) is 3.87. The number of amides is 1. The number of nitrogens with one attached hydrogen (secondary N) is 1. The number of benzene rings is 2. The van der Waals surface area contributed by atoms with Crippen LogP contribution in [0.4, 0.5) is 11.4 Å². The van der Waals surface area contributed by atoms with E-state index in [2.05, 4.69) is 11.4 Å². The van der Waals surface area contributed by atoms with Gasteiger partial charge in [0.2, 0.25) is 5.91 Å². The summed E-state index contributed by atoms with van der Waals surface area (Å²) in [7, 11) is 0. The highest BCUT2D eigenvalue weighted by Gasteiger charge is 2.23. The number of para-hydroxylation sites is 3. The zero-order valence-corrected chi connectivity index (χ0v) is 13.6. The van der Waals surface area contributed by atoms with Crippen LogP contribution in [0.25, 0.3) is 0 Å². The SMILES string of the molecule is CC(C)Oc1ccccc1NCC(=O)N1CCc2ccccc21. The number of carbonyl (C=O) groups excluding carboxylic acids is 1. The molecule has 0 unspecified atom stereocenters. The van der Waals surface area contributed by atoms with Gasteiger partial charge >= 0.3 is 0 Å². The van der Waals surface area contributed by atoms with Crippen LogP contribution < -0.4 is 15.0 Å². The number of ether oxygens (including phenoxy) is 1. The summed E-state index contributed by atoms with van der Waals surface area (Å²) in [5.41, 5.74) is 3.12. The van der Waals surface area contributed by atoms with Gasteiger partial charge in [-0.25, -0.2) is 0 Å². The maximum atomic E-state index is 12.5. The molecule has 4 heteroatoms. The van der Waals surface area contributed by atoms with Crippen molar-refractivity contribution < 1.29 is 9.53 Å². The van der Waals surface area contributed by atoms with E-state index in [0.29, 0.717) is 0 Å². The molecule has 120 valence electrons. The first kappa shape index (κ1) is 15.4. The van der Waals surface area contributed by atoms with Crippen LogP contribution in [-0.2, 0) is 11.2 Å². The van der Waals surface area contributed by atoms with Gasteiger partial charge in [0.15, 0.2) is 0 Å². The van der Waals surface area contributed by atoms with Crippen LogP contribution in [0, 0.1) is 0 Å². The van der Waals surface area contributed by atoms with Crippen molar-refractivity contribution in [2.75, 3.05) is 23.3 Å². The fraction of sp³-hybridized carbons (Fsp3) is 0.316. The average molecular weight is 310 g/mol. The van der Waals surface area contributed by atoms with Gasteiger partial charge in [-0.05, 0) is 44.0 Å². The van der Waals surface area contributed by atoms with Crippen LogP contribution in [0.2, 0.25) is 0 Å². The Morgan fingerprint density at radius 3 is 2.74 bits per heavy atom. The summed E-state index contributed by atoms with van der Waals surface area (Å²) in [4.78, 5) is 14.4. The van der Waals surface area contributed by atoms with Gasteiger partial charge in [-0.2, -0.15) is 0 Å². The van der Waals surface area contributed by atoms with Gasteiger partial charge in [-0.15, -0.1) is 0 Å². The molecule has 4 nitrogen and oxygen atoms in total. The van der Waals surface area contributed by atoms with Crippen molar-refractivity contribution in [2.45, 2.75) is 26.4 Å². The number of rotatable bonds is 5. The van der Waals surface area contributed by atoms with Crippen molar-refractivity contribution in [3.05, 3.63) is 54.1 Å². The second kappa shape index (κ2) is 6.73. The Balaban J connectivity index is 1.67. The predicted octanol–water partition coefficient (Wildman–Crippen LogP) is 3.48. The molecule has 0 bridgehead atoms. The van der Waals surface area contributed by atoms with E-state index in [4.69, 9.17) is 4.74 Å². The maximum absolute atomic E-state index is 12.5. The summed E-state index contributed by atoms with van der Waals surface area (Å²) in [6, 6.07) is 15.8. The summed E-state index contributed by atoms with van der Waals surface area (Å²) in [5, 5.41) is 3.21. The quantitative estimate of drug-likeness (QED) is 0.919. The van der Waals surface area contributed by atoms with Gasteiger partial charge < -0.3 is 15.0 Å². The van der Waals surface area contributed by atoms with Crippen molar-refractivity contribution in [2.24, 2.45) is 0 Å². The topological polar surface area (TPSA) is 41.6 Å². The van der Waals surface area contributed by atoms with Crippen LogP contribution in [0.5, 0.6) is 5.75 Å². The molecular weight excluding hydrogens is 288 g/mol. The van der Waals surface area contributed by atoms with E-state index in [0.717, 1.165) is 30.1 Å². The first-order valence-corrected chi connectivity index (χ1v) is 8.03. The van der Waals surface area contributed by atoms with Gasteiger partial charge in [0, 0.05) is 12.2 Å². The maximum Gasteiger partial charge on any atom is 0.246 e. The van der Waals surface area contributed by atoms with E-state index in [9.17, 15) is 4.79 Å². The lowest BCUT2D eigenvalue weighted by Gasteiger charge is -2.19. The van der Waals surface area contributed by atoms with Crippen LogP contribution in [-0.4, -0.2) is 25.1 Å². The smallest absolute Gasteiger partial charge is 0.246 e. The Bertz CT molecular complexity index is 697. The van der Waals surface area contributed by atoms with Crippen LogP contribution in [0.3, 0.4) is 0 Å². The van der Waals surface area contributed by atoms with Gasteiger partial charge in [-0.1, -0.05) is 30.3 Å². The van der Waals surface area contributed by atoms with Crippen LogP contribution in [0.15, 0.2) is 48.5 Å².